The van der Waals surface area contributed by atoms with Crippen molar-refractivity contribution in [2.75, 3.05) is 0 Å². The van der Waals surface area contributed by atoms with Gasteiger partial charge in [-0.15, -0.1) is 11.3 Å². The minimum absolute atomic E-state index is 0.368. The van der Waals surface area contributed by atoms with Crippen LogP contribution in [0, 0.1) is 0 Å². The van der Waals surface area contributed by atoms with E-state index in [4.69, 9.17) is 5.73 Å². The van der Waals surface area contributed by atoms with Crippen LogP contribution in [0.3, 0.4) is 0 Å². The minimum Gasteiger partial charge on any atom is -0.321 e. The molecular weight excluding hydrogens is 283 g/mol. The lowest BCUT2D eigenvalue weighted by molar-refractivity contribution is -0.134. The third-order valence-electron chi connectivity index (χ3n) is 4.12. The van der Waals surface area contributed by atoms with E-state index in [0.717, 1.165) is 42.6 Å². The molecule has 0 spiro atoms. The number of halogens is 3. The number of benzene rings is 1. The molecule has 0 amide bonds. The van der Waals surface area contributed by atoms with Crippen molar-refractivity contribution in [1.82, 2.24) is 0 Å². The molecule has 1 nitrogen and oxygen atoms in total. The molecule has 0 bridgehead atoms. The highest BCUT2D eigenvalue weighted by Crippen LogP contribution is 2.40. The van der Waals surface area contributed by atoms with E-state index in [-0.39, 0.29) is 5.54 Å². The van der Waals surface area contributed by atoms with Crippen LogP contribution >= 0.6 is 11.3 Å². The van der Waals surface area contributed by atoms with Crippen LogP contribution < -0.4 is 5.73 Å². The normalized spacial score (nSPS) is 19.4. The summed E-state index contributed by atoms with van der Waals surface area (Å²) in [6, 6.07) is 6.74. The fourth-order valence-electron chi connectivity index (χ4n) is 2.96. The van der Waals surface area contributed by atoms with Crippen LogP contribution in [0.5, 0.6) is 0 Å². The van der Waals surface area contributed by atoms with E-state index in [1.54, 1.807) is 6.07 Å². The molecule has 5 heteroatoms. The van der Waals surface area contributed by atoms with Gasteiger partial charge in [0.25, 0.3) is 0 Å². The van der Waals surface area contributed by atoms with Crippen LogP contribution in [0.25, 0.3) is 10.1 Å². The second kappa shape index (κ2) is 4.74. The Morgan fingerprint density at radius 2 is 1.75 bits per heavy atom. The van der Waals surface area contributed by atoms with E-state index in [1.807, 2.05) is 12.1 Å². The molecule has 3 rings (SSSR count). The number of fused-ring (bicyclic) bond motifs is 1. The minimum atomic E-state index is -4.27. The van der Waals surface area contributed by atoms with Gasteiger partial charge in [0.05, 0.1) is 0 Å². The Morgan fingerprint density at radius 1 is 1.05 bits per heavy atom. The Labute approximate surface area is 119 Å². The summed E-state index contributed by atoms with van der Waals surface area (Å²) in [7, 11) is 0. The highest BCUT2D eigenvalue weighted by atomic mass is 32.1. The first-order chi connectivity index (χ1) is 9.38. The second-order valence-corrected chi connectivity index (χ2v) is 6.66. The standard InChI is InChI=1S/C15H16F3NS/c16-15(17,18)13-9-10-8-11(4-5-12(10)20-13)14(19)6-2-1-3-7-14/h4-5,8-9H,1-3,6-7,19H2. The Hall–Kier alpha value is -1.07. The maximum Gasteiger partial charge on any atom is 0.425 e. The molecule has 1 aromatic heterocycles. The molecule has 20 heavy (non-hydrogen) atoms. The molecule has 0 aliphatic heterocycles. The Balaban J connectivity index is 2.02. The predicted octanol–water partition coefficient (Wildman–Crippen LogP) is 5.04. The molecule has 0 unspecified atom stereocenters. The maximum absolute atomic E-state index is 12.7. The van der Waals surface area contributed by atoms with Crippen molar-refractivity contribution in [2.24, 2.45) is 5.73 Å². The van der Waals surface area contributed by atoms with E-state index in [9.17, 15) is 13.2 Å². The number of nitrogens with two attached hydrogens (primary N) is 1. The highest BCUT2D eigenvalue weighted by molar-refractivity contribution is 7.19. The Kier molecular flexibility index (Phi) is 3.29. The lowest BCUT2D eigenvalue weighted by atomic mass is 9.77. The summed E-state index contributed by atoms with van der Waals surface area (Å²) in [5, 5.41) is 0.648. The Bertz CT molecular complexity index is 624. The van der Waals surface area contributed by atoms with Gasteiger partial charge in [-0.1, -0.05) is 25.3 Å². The van der Waals surface area contributed by atoms with Gasteiger partial charge in [0.1, 0.15) is 4.88 Å². The van der Waals surface area contributed by atoms with Crippen LogP contribution in [-0.2, 0) is 11.7 Å². The molecule has 1 heterocycles. The predicted molar refractivity (Wildman–Crippen MR) is 75.8 cm³/mol. The van der Waals surface area contributed by atoms with E-state index in [1.165, 1.54) is 12.5 Å². The molecule has 1 fully saturated rings. The van der Waals surface area contributed by atoms with Crippen LogP contribution in [-0.4, -0.2) is 0 Å². The molecule has 1 aliphatic carbocycles. The molecule has 1 aliphatic rings. The van der Waals surface area contributed by atoms with Crippen molar-refractivity contribution in [3.8, 4) is 0 Å². The molecule has 108 valence electrons. The van der Waals surface area contributed by atoms with Crippen molar-refractivity contribution in [3.05, 3.63) is 34.7 Å². The third-order valence-corrected chi connectivity index (χ3v) is 5.28. The zero-order valence-electron chi connectivity index (χ0n) is 11.0. The molecule has 0 saturated heterocycles. The molecule has 2 N–H and O–H groups in total. The maximum atomic E-state index is 12.7. The molecule has 0 atom stereocenters. The van der Waals surface area contributed by atoms with E-state index >= 15 is 0 Å². The number of thiophene rings is 1. The van der Waals surface area contributed by atoms with Crippen LogP contribution in [0.1, 0.15) is 42.5 Å². The second-order valence-electron chi connectivity index (χ2n) is 5.58. The zero-order chi connectivity index (χ0) is 14.4. The van der Waals surface area contributed by atoms with Gasteiger partial charge in [-0.2, -0.15) is 13.2 Å². The highest BCUT2D eigenvalue weighted by Gasteiger charge is 2.33. The van der Waals surface area contributed by atoms with Crippen molar-refractivity contribution in [2.45, 2.75) is 43.8 Å². The topological polar surface area (TPSA) is 26.0 Å². The van der Waals surface area contributed by atoms with Gasteiger partial charge >= 0.3 is 6.18 Å². The summed E-state index contributed by atoms with van der Waals surface area (Å²) in [5.41, 5.74) is 7.05. The first kappa shape index (κ1) is 13.9. The molecule has 2 aromatic rings. The van der Waals surface area contributed by atoms with Gasteiger partial charge in [-0.05, 0) is 42.0 Å². The number of rotatable bonds is 1. The van der Waals surface area contributed by atoms with Gasteiger partial charge in [0.15, 0.2) is 0 Å². The average Bonchev–Trinajstić information content (AvgIpc) is 2.82. The van der Waals surface area contributed by atoms with Crippen molar-refractivity contribution < 1.29 is 13.2 Å². The monoisotopic (exact) mass is 299 g/mol. The number of hydrogen-bond donors (Lipinski definition) is 1. The summed E-state index contributed by atoms with van der Waals surface area (Å²) in [4.78, 5) is -0.542. The molecular formula is C15H16F3NS. The van der Waals surface area contributed by atoms with Gasteiger partial charge in [0.2, 0.25) is 0 Å². The van der Waals surface area contributed by atoms with E-state index in [0.29, 0.717) is 10.1 Å². The van der Waals surface area contributed by atoms with Gasteiger partial charge in [0, 0.05) is 10.2 Å². The summed E-state index contributed by atoms with van der Waals surface area (Å²) in [5.74, 6) is 0. The first-order valence-corrected chi connectivity index (χ1v) is 7.60. The van der Waals surface area contributed by atoms with Crippen LogP contribution in [0.2, 0.25) is 0 Å². The summed E-state index contributed by atoms with van der Waals surface area (Å²) < 4.78 is 38.9. The van der Waals surface area contributed by atoms with Crippen LogP contribution in [0.4, 0.5) is 13.2 Å². The molecule has 0 radical (unpaired) electrons. The Morgan fingerprint density at radius 3 is 2.40 bits per heavy atom. The fraction of sp³-hybridized carbons (Fsp3) is 0.467. The average molecular weight is 299 g/mol. The van der Waals surface area contributed by atoms with Crippen LogP contribution in [0.15, 0.2) is 24.3 Å². The van der Waals surface area contributed by atoms with E-state index < -0.39 is 11.1 Å². The van der Waals surface area contributed by atoms with E-state index in [2.05, 4.69) is 0 Å². The SMILES string of the molecule is NC1(c2ccc3sc(C(F)(F)F)cc3c2)CCCCC1. The molecule has 1 aromatic carbocycles. The first-order valence-electron chi connectivity index (χ1n) is 6.79. The van der Waals surface area contributed by atoms with Crippen molar-refractivity contribution >= 4 is 21.4 Å². The van der Waals surface area contributed by atoms with Gasteiger partial charge in [-0.3, -0.25) is 0 Å². The lowest BCUT2D eigenvalue weighted by Crippen LogP contribution is -2.38. The van der Waals surface area contributed by atoms with Crippen molar-refractivity contribution in [1.29, 1.82) is 0 Å². The lowest BCUT2D eigenvalue weighted by Gasteiger charge is -2.34. The third kappa shape index (κ3) is 2.44. The quantitative estimate of drug-likeness (QED) is 0.784. The summed E-state index contributed by atoms with van der Waals surface area (Å²) in [6.45, 7) is 0. The largest absolute Gasteiger partial charge is 0.425 e. The zero-order valence-corrected chi connectivity index (χ0v) is 11.8. The fourth-order valence-corrected chi connectivity index (χ4v) is 3.87. The van der Waals surface area contributed by atoms with Crippen molar-refractivity contribution in [3.63, 3.8) is 0 Å². The smallest absolute Gasteiger partial charge is 0.321 e. The van der Waals surface area contributed by atoms with Gasteiger partial charge in [-0.25, -0.2) is 0 Å². The number of alkyl halides is 3. The molecule has 1 saturated carbocycles. The summed E-state index contributed by atoms with van der Waals surface area (Å²) in [6.07, 6.45) is 0.925. The number of hydrogen-bond acceptors (Lipinski definition) is 2. The summed E-state index contributed by atoms with van der Waals surface area (Å²) >= 11 is 0.793. The van der Waals surface area contributed by atoms with Gasteiger partial charge < -0.3 is 5.73 Å².